The van der Waals surface area contributed by atoms with Gasteiger partial charge in [0.2, 0.25) is 5.88 Å². The Kier molecular flexibility index (Phi) is 7.28. The largest absolute Gasteiger partial charge is 0.481 e. The lowest BCUT2D eigenvalue weighted by Gasteiger charge is -2.22. The molecular formula is C24H30N2O6. The number of ether oxygens (including phenoxy) is 2. The fourth-order valence-electron chi connectivity index (χ4n) is 2.81. The first kappa shape index (κ1) is 24.8. The molecule has 8 nitrogen and oxygen atoms in total. The van der Waals surface area contributed by atoms with Crippen LogP contribution in [0.15, 0.2) is 30.3 Å². The number of carbonyl (C=O) groups is 3. The molecule has 0 aliphatic rings. The summed E-state index contributed by atoms with van der Waals surface area (Å²) in [6.45, 7) is 11.6. The first-order valence-corrected chi connectivity index (χ1v) is 10.2. The second-order valence-electron chi connectivity index (χ2n) is 9.56. The van der Waals surface area contributed by atoms with Gasteiger partial charge in [-0.05, 0) is 49.9 Å². The standard InChI is InChI=1S/C24H30N2O6/c1-23(2,3)13-25-20(27)14-8-9-15(17(12-14)22(30)32-24(4,5)6)16-10-11-18(31-7)26-19(16)21(28)29/h8-12H,13H2,1-7H3,(H,25,27)(H,28,29). The molecule has 0 saturated carbocycles. The van der Waals surface area contributed by atoms with Crippen LogP contribution in [0.1, 0.15) is 72.7 Å². The van der Waals surface area contributed by atoms with Gasteiger partial charge in [0.25, 0.3) is 5.91 Å². The van der Waals surface area contributed by atoms with Gasteiger partial charge in [0, 0.05) is 23.7 Å². The molecule has 1 aromatic carbocycles. The molecular weight excluding hydrogens is 412 g/mol. The third-order valence-electron chi connectivity index (χ3n) is 4.25. The number of hydrogen-bond acceptors (Lipinski definition) is 6. The molecule has 2 aromatic rings. The molecule has 1 heterocycles. The number of aromatic nitrogens is 1. The van der Waals surface area contributed by atoms with Gasteiger partial charge in [-0.3, -0.25) is 4.79 Å². The van der Waals surface area contributed by atoms with E-state index in [0.29, 0.717) is 12.1 Å². The van der Waals surface area contributed by atoms with Crippen molar-refractivity contribution in [3.8, 4) is 17.0 Å². The average Bonchev–Trinajstić information content (AvgIpc) is 2.69. The van der Waals surface area contributed by atoms with Crippen molar-refractivity contribution in [3.05, 3.63) is 47.2 Å². The maximum absolute atomic E-state index is 13.0. The number of methoxy groups -OCH3 is 1. The summed E-state index contributed by atoms with van der Waals surface area (Å²) in [4.78, 5) is 41.5. The Morgan fingerprint density at radius 1 is 1.00 bits per heavy atom. The van der Waals surface area contributed by atoms with E-state index < -0.39 is 17.5 Å². The molecule has 0 spiro atoms. The third kappa shape index (κ3) is 6.54. The van der Waals surface area contributed by atoms with Gasteiger partial charge in [-0.2, -0.15) is 0 Å². The Morgan fingerprint density at radius 2 is 1.62 bits per heavy atom. The van der Waals surface area contributed by atoms with Gasteiger partial charge in [0.1, 0.15) is 5.60 Å². The van der Waals surface area contributed by atoms with Crippen molar-refractivity contribution < 1.29 is 29.0 Å². The summed E-state index contributed by atoms with van der Waals surface area (Å²) in [5.74, 6) is -2.17. The van der Waals surface area contributed by atoms with Gasteiger partial charge < -0.3 is 19.9 Å². The lowest BCUT2D eigenvalue weighted by Crippen LogP contribution is -2.32. The first-order chi connectivity index (χ1) is 14.7. The highest BCUT2D eigenvalue weighted by atomic mass is 16.6. The highest BCUT2D eigenvalue weighted by Crippen LogP contribution is 2.30. The molecule has 0 aliphatic heterocycles. The summed E-state index contributed by atoms with van der Waals surface area (Å²) in [6.07, 6.45) is 0. The van der Waals surface area contributed by atoms with Gasteiger partial charge in [-0.25, -0.2) is 14.6 Å². The second kappa shape index (κ2) is 9.38. The predicted molar refractivity (Wildman–Crippen MR) is 120 cm³/mol. The van der Waals surface area contributed by atoms with E-state index in [9.17, 15) is 19.5 Å². The highest BCUT2D eigenvalue weighted by Gasteiger charge is 2.25. The normalized spacial score (nSPS) is 11.6. The molecule has 0 radical (unpaired) electrons. The number of nitrogens with zero attached hydrogens (tertiary/aromatic N) is 1. The summed E-state index contributed by atoms with van der Waals surface area (Å²) >= 11 is 0. The van der Waals surface area contributed by atoms with Crippen LogP contribution in [-0.2, 0) is 4.74 Å². The van der Waals surface area contributed by atoms with E-state index >= 15 is 0 Å². The van der Waals surface area contributed by atoms with E-state index in [0.717, 1.165) is 0 Å². The maximum atomic E-state index is 13.0. The van der Waals surface area contributed by atoms with Crippen LogP contribution in [0, 0.1) is 5.41 Å². The number of esters is 1. The van der Waals surface area contributed by atoms with Crippen LogP contribution in [0.2, 0.25) is 0 Å². The number of nitrogens with one attached hydrogen (secondary N) is 1. The molecule has 2 N–H and O–H groups in total. The number of carboxylic acid groups (broad SMARTS) is 1. The van der Waals surface area contributed by atoms with Crippen molar-refractivity contribution in [1.29, 1.82) is 0 Å². The quantitative estimate of drug-likeness (QED) is 0.645. The van der Waals surface area contributed by atoms with E-state index in [1.807, 2.05) is 20.8 Å². The zero-order chi connectivity index (χ0) is 24.3. The van der Waals surface area contributed by atoms with Crippen molar-refractivity contribution >= 4 is 17.8 Å². The molecule has 172 valence electrons. The number of benzene rings is 1. The Morgan fingerprint density at radius 3 is 2.16 bits per heavy atom. The number of aromatic carboxylic acids is 1. The number of carbonyl (C=O) groups excluding carboxylic acids is 2. The minimum atomic E-state index is -1.28. The predicted octanol–water partition coefficient (Wildman–Crippen LogP) is 4.19. The maximum Gasteiger partial charge on any atom is 0.355 e. The van der Waals surface area contributed by atoms with E-state index in [1.165, 1.54) is 37.4 Å². The van der Waals surface area contributed by atoms with Crippen molar-refractivity contribution in [2.75, 3.05) is 13.7 Å². The Balaban J connectivity index is 2.62. The molecule has 0 atom stereocenters. The Labute approximate surface area is 188 Å². The molecule has 0 aliphatic carbocycles. The number of pyridine rings is 1. The summed E-state index contributed by atoms with van der Waals surface area (Å²) in [6, 6.07) is 7.50. The van der Waals surface area contributed by atoms with Crippen LogP contribution in [-0.4, -0.2) is 47.2 Å². The molecule has 1 aromatic heterocycles. The van der Waals surface area contributed by atoms with Crippen LogP contribution >= 0.6 is 0 Å². The van der Waals surface area contributed by atoms with Gasteiger partial charge >= 0.3 is 11.9 Å². The SMILES string of the molecule is COc1ccc(-c2ccc(C(=O)NCC(C)(C)C)cc2C(=O)OC(C)(C)C)c(C(=O)O)n1. The second-order valence-corrected chi connectivity index (χ2v) is 9.56. The van der Waals surface area contributed by atoms with Crippen LogP contribution in [0.25, 0.3) is 11.1 Å². The van der Waals surface area contributed by atoms with Crippen molar-refractivity contribution in [3.63, 3.8) is 0 Å². The van der Waals surface area contributed by atoms with E-state index in [1.54, 1.807) is 20.8 Å². The minimum Gasteiger partial charge on any atom is -0.481 e. The molecule has 8 heteroatoms. The molecule has 0 fully saturated rings. The lowest BCUT2D eigenvalue weighted by molar-refractivity contribution is 0.00701. The molecule has 0 bridgehead atoms. The monoisotopic (exact) mass is 442 g/mol. The van der Waals surface area contributed by atoms with E-state index in [-0.39, 0.29) is 39.6 Å². The van der Waals surface area contributed by atoms with Crippen molar-refractivity contribution in [1.82, 2.24) is 10.3 Å². The number of hydrogen-bond donors (Lipinski definition) is 2. The highest BCUT2D eigenvalue weighted by molar-refractivity contribution is 6.04. The van der Waals surface area contributed by atoms with Gasteiger partial charge in [-0.15, -0.1) is 0 Å². The van der Waals surface area contributed by atoms with Crippen LogP contribution in [0.4, 0.5) is 0 Å². The van der Waals surface area contributed by atoms with Crippen LogP contribution in [0.3, 0.4) is 0 Å². The summed E-state index contributed by atoms with van der Waals surface area (Å²) < 4.78 is 10.5. The van der Waals surface area contributed by atoms with Gasteiger partial charge in [0.15, 0.2) is 5.69 Å². The zero-order valence-corrected chi connectivity index (χ0v) is 19.5. The Hall–Kier alpha value is -3.42. The fraction of sp³-hybridized carbons (Fsp3) is 0.417. The number of carboxylic acids is 1. The lowest BCUT2D eigenvalue weighted by atomic mass is 9.95. The van der Waals surface area contributed by atoms with Gasteiger partial charge in [0.05, 0.1) is 12.7 Å². The first-order valence-electron chi connectivity index (χ1n) is 10.2. The summed E-state index contributed by atoms with van der Waals surface area (Å²) in [5, 5.41) is 12.5. The molecule has 1 amide bonds. The topological polar surface area (TPSA) is 115 Å². The van der Waals surface area contributed by atoms with Crippen LogP contribution < -0.4 is 10.1 Å². The van der Waals surface area contributed by atoms with Gasteiger partial charge in [-0.1, -0.05) is 26.8 Å². The fourth-order valence-corrected chi connectivity index (χ4v) is 2.81. The zero-order valence-electron chi connectivity index (χ0n) is 19.5. The Bertz CT molecular complexity index is 1030. The molecule has 2 rings (SSSR count). The number of amides is 1. The minimum absolute atomic E-state index is 0.0674. The summed E-state index contributed by atoms with van der Waals surface area (Å²) in [7, 11) is 1.38. The molecule has 32 heavy (non-hydrogen) atoms. The third-order valence-corrected chi connectivity index (χ3v) is 4.25. The summed E-state index contributed by atoms with van der Waals surface area (Å²) in [5.41, 5.74) is -0.351. The number of rotatable bonds is 6. The van der Waals surface area contributed by atoms with E-state index in [2.05, 4.69) is 10.3 Å². The molecule has 0 saturated heterocycles. The van der Waals surface area contributed by atoms with Crippen molar-refractivity contribution in [2.45, 2.75) is 47.1 Å². The smallest absolute Gasteiger partial charge is 0.355 e. The van der Waals surface area contributed by atoms with Crippen LogP contribution in [0.5, 0.6) is 5.88 Å². The average molecular weight is 443 g/mol. The van der Waals surface area contributed by atoms with Crippen molar-refractivity contribution in [2.24, 2.45) is 5.41 Å². The van der Waals surface area contributed by atoms with E-state index in [4.69, 9.17) is 9.47 Å². The molecule has 0 unspecified atom stereocenters.